The Kier molecular flexibility index (Phi) is 2.94. The summed E-state index contributed by atoms with van der Waals surface area (Å²) in [5.74, 6) is 0. The smallest absolute Gasteiger partial charge is 0.0708 e. The monoisotopic (exact) mass is 202 g/mol. The second kappa shape index (κ2) is 4.38. The Bertz CT molecular complexity index is 468. The van der Waals surface area contributed by atoms with E-state index < -0.39 is 0 Å². The van der Waals surface area contributed by atoms with Crippen LogP contribution >= 0.6 is 0 Å². The number of nitrogens with one attached hydrogen (secondary N) is 1. The number of para-hydroxylation sites is 1. The first kappa shape index (κ1) is 10.1. The van der Waals surface area contributed by atoms with Crippen molar-refractivity contribution < 1.29 is 4.84 Å². The van der Waals surface area contributed by atoms with E-state index in [0.717, 1.165) is 11.2 Å². The van der Waals surface area contributed by atoms with Crippen molar-refractivity contribution in [2.24, 2.45) is 0 Å². The number of benzene rings is 1. The van der Waals surface area contributed by atoms with Crippen molar-refractivity contribution in [2.45, 2.75) is 13.5 Å². The maximum absolute atomic E-state index is 4.86. The Morgan fingerprint density at radius 3 is 2.93 bits per heavy atom. The molecule has 78 valence electrons. The van der Waals surface area contributed by atoms with Crippen LogP contribution in [0.2, 0.25) is 0 Å². The lowest BCUT2D eigenvalue weighted by Crippen LogP contribution is -2.11. The molecule has 0 aliphatic heterocycles. The zero-order valence-corrected chi connectivity index (χ0v) is 8.95. The molecule has 1 N–H and O–H groups in total. The van der Waals surface area contributed by atoms with Gasteiger partial charge in [-0.15, -0.1) is 0 Å². The number of pyridine rings is 1. The number of aromatic nitrogens is 1. The average Bonchev–Trinajstić information content (AvgIpc) is 2.25. The SMILES string of the molecule is CONCc1cc(C)nc2ccccc12. The Labute approximate surface area is 89.0 Å². The van der Waals surface area contributed by atoms with Crippen molar-refractivity contribution in [3.05, 3.63) is 41.6 Å². The van der Waals surface area contributed by atoms with E-state index >= 15 is 0 Å². The molecule has 3 heteroatoms. The number of hydroxylamine groups is 1. The van der Waals surface area contributed by atoms with Gasteiger partial charge in [0.05, 0.1) is 12.6 Å². The molecule has 0 radical (unpaired) electrons. The zero-order chi connectivity index (χ0) is 10.7. The molecule has 1 heterocycles. The summed E-state index contributed by atoms with van der Waals surface area (Å²) in [7, 11) is 1.62. The quantitative estimate of drug-likeness (QED) is 0.775. The summed E-state index contributed by atoms with van der Waals surface area (Å²) in [6.45, 7) is 2.70. The molecule has 0 aliphatic rings. The molecule has 1 aromatic heterocycles. The lowest BCUT2D eigenvalue weighted by atomic mass is 10.1. The summed E-state index contributed by atoms with van der Waals surface area (Å²) in [5, 5.41) is 1.17. The van der Waals surface area contributed by atoms with Crippen LogP contribution in [0.3, 0.4) is 0 Å². The molecular formula is C12H14N2O. The Morgan fingerprint density at radius 1 is 1.33 bits per heavy atom. The first-order chi connectivity index (χ1) is 7.31. The minimum absolute atomic E-state index is 0.695. The third-order valence-electron chi connectivity index (χ3n) is 2.34. The fourth-order valence-electron chi connectivity index (χ4n) is 1.69. The van der Waals surface area contributed by atoms with E-state index in [4.69, 9.17) is 4.84 Å². The van der Waals surface area contributed by atoms with Gasteiger partial charge in [0.25, 0.3) is 0 Å². The van der Waals surface area contributed by atoms with Gasteiger partial charge in [0, 0.05) is 17.6 Å². The van der Waals surface area contributed by atoms with Gasteiger partial charge in [-0.05, 0) is 24.6 Å². The lowest BCUT2D eigenvalue weighted by Gasteiger charge is -2.07. The predicted molar refractivity (Wildman–Crippen MR) is 60.3 cm³/mol. The topological polar surface area (TPSA) is 34.1 Å². The number of fused-ring (bicyclic) bond motifs is 1. The average molecular weight is 202 g/mol. The first-order valence-electron chi connectivity index (χ1n) is 4.92. The van der Waals surface area contributed by atoms with Crippen molar-refractivity contribution >= 4 is 10.9 Å². The zero-order valence-electron chi connectivity index (χ0n) is 8.95. The number of hydrogen-bond acceptors (Lipinski definition) is 3. The summed E-state index contributed by atoms with van der Waals surface area (Å²) in [4.78, 5) is 9.34. The Morgan fingerprint density at radius 2 is 2.13 bits per heavy atom. The maximum Gasteiger partial charge on any atom is 0.0708 e. The van der Waals surface area contributed by atoms with Crippen LogP contribution in [0.15, 0.2) is 30.3 Å². The standard InChI is InChI=1S/C12H14N2O/c1-9-7-10(8-13-15-2)11-5-3-4-6-12(11)14-9/h3-7,13H,8H2,1-2H3. The molecule has 0 amide bonds. The van der Waals surface area contributed by atoms with E-state index in [-0.39, 0.29) is 0 Å². The van der Waals surface area contributed by atoms with Crippen LogP contribution in [0.25, 0.3) is 10.9 Å². The fourth-order valence-corrected chi connectivity index (χ4v) is 1.69. The van der Waals surface area contributed by atoms with E-state index in [1.807, 2.05) is 25.1 Å². The number of hydrogen-bond donors (Lipinski definition) is 1. The molecule has 0 fully saturated rings. The number of nitrogens with zero attached hydrogens (tertiary/aromatic N) is 1. The van der Waals surface area contributed by atoms with Crippen LogP contribution < -0.4 is 5.48 Å². The molecule has 2 rings (SSSR count). The van der Waals surface area contributed by atoms with Crippen LogP contribution in [0.4, 0.5) is 0 Å². The highest BCUT2D eigenvalue weighted by atomic mass is 16.6. The van der Waals surface area contributed by atoms with E-state index in [1.165, 1.54) is 10.9 Å². The number of rotatable bonds is 3. The van der Waals surface area contributed by atoms with E-state index in [0.29, 0.717) is 6.54 Å². The normalized spacial score (nSPS) is 10.8. The van der Waals surface area contributed by atoms with Crippen molar-refractivity contribution in [1.82, 2.24) is 10.5 Å². The van der Waals surface area contributed by atoms with Crippen molar-refractivity contribution in [1.29, 1.82) is 0 Å². The second-order valence-electron chi connectivity index (χ2n) is 3.47. The van der Waals surface area contributed by atoms with Crippen LogP contribution in [0.1, 0.15) is 11.3 Å². The molecule has 0 aliphatic carbocycles. The second-order valence-corrected chi connectivity index (χ2v) is 3.47. The predicted octanol–water partition coefficient (Wildman–Crippen LogP) is 2.19. The van der Waals surface area contributed by atoms with Gasteiger partial charge in [0.15, 0.2) is 0 Å². The van der Waals surface area contributed by atoms with Crippen molar-refractivity contribution in [2.75, 3.05) is 7.11 Å². The van der Waals surface area contributed by atoms with Gasteiger partial charge in [-0.25, -0.2) is 0 Å². The molecule has 3 nitrogen and oxygen atoms in total. The molecule has 0 saturated heterocycles. The van der Waals surface area contributed by atoms with Gasteiger partial charge in [0.1, 0.15) is 0 Å². The summed E-state index contributed by atoms with van der Waals surface area (Å²) in [6, 6.07) is 10.2. The summed E-state index contributed by atoms with van der Waals surface area (Å²) < 4.78 is 0. The van der Waals surface area contributed by atoms with Crippen LogP contribution in [-0.2, 0) is 11.4 Å². The van der Waals surface area contributed by atoms with Crippen LogP contribution in [0.5, 0.6) is 0 Å². The highest BCUT2D eigenvalue weighted by molar-refractivity contribution is 5.82. The molecule has 0 spiro atoms. The maximum atomic E-state index is 4.86. The highest BCUT2D eigenvalue weighted by Crippen LogP contribution is 2.17. The minimum Gasteiger partial charge on any atom is -0.305 e. The minimum atomic E-state index is 0.695. The van der Waals surface area contributed by atoms with Crippen LogP contribution in [-0.4, -0.2) is 12.1 Å². The summed E-state index contributed by atoms with van der Waals surface area (Å²) >= 11 is 0. The molecule has 15 heavy (non-hydrogen) atoms. The van der Waals surface area contributed by atoms with Gasteiger partial charge in [0.2, 0.25) is 0 Å². The molecular weight excluding hydrogens is 188 g/mol. The summed E-state index contributed by atoms with van der Waals surface area (Å²) in [5.41, 5.74) is 6.13. The van der Waals surface area contributed by atoms with E-state index in [2.05, 4.69) is 22.6 Å². The largest absolute Gasteiger partial charge is 0.305 e. The van der Waals surface area contributed by atoms with Gasteiger partial charge < -0.3 is 4.84 Å². The number of aryl methyl sites for hydroxylation is 1. The molecule has 0 unspecified atom stereocenters. The van der Waals surface area contributed by atoms with Gasteiger partial charge in [-0.1, -0.05) is 18.2 Å². The third kappa shape index (κ3) is 2.14. The van der Waals surface area contributed by atoms with Crippen molar-refractivity contribution in [3.8, 4) is 0 Å². The van der Waals surface area contributed by atoms with Crippen molar-refractivity contribution in [3.63, 3.8) is 0 Å². The Balaban J connectivity index is 2.50. The molecule has 0 atom stereocenters. The molecule has 1 aromatic carbocycles. The van der Waals surface area contributed by atoms with Gasteiger partial charge in [-0.3, -0.25) is 4.98 Å². The van der Waals surface area contributed by atoms with Crippen LogP contribution in [0, 0.1) is 6.92 Å². The van der Waals surface area contributed by atoms with Gasteiger partial charge in [-0.2, -0.15) is 5.48 Å². The first-order valence-corrected chi connectivity index (χ1v) is 4.92. The Hall–Kier alpha value is -1.45. The highest BCUT2D eigenvalue weighted by Gasteiger charge is 2.02. The van der Waals surface area contributed by atoms with E-state index in [1.54, 1.807) is 7.11 Å². The molecule has 0 saturated carbocycles. The third-order valence-corrected chi connectivity index (χ3v) is 2.34. The summed E-state index contributed by atoms with van der Waals surface area (Å²) in [6.07, 6.45) is 0. The van der Waals surface area contributed by atoms with Gasteiger partial charge >= 0.3 is 0 Å². The molecule has 0 bridgehead atoms. The lowest BCUT2D eigenvalue weighted by molar-refractivity contribution is 0.0870. The fraction of sp³-hybridized carbons (Fsp3) is 0.250. The molecule has 2 aromatic rings. The van der Waals surface area contributed by atoms with E-state index in [9.17, 15) is 0 Å².